The number of ether oxygens (including phenoxy) is 1. The van der Waals surface area contributed by atoms with Crippen molar-refractivity contribution in [2.45, 2.75) is 45.8 Å². The lowest BCUT2D eigenvalue weighted by molar-refractivity contribution is 0.0932. The van der Waals surface area contributed by atoms with Crippen molar-refractivity contribution in [3.8, 4) is 0 Å². The Kier molecular flexibility index (Phi) is 4.91. The van der Waals surface area contributed by atoms with Crippen LogP contribution in [-0.4, -0.2) is 41.6 Å². The molecule has 0 spiro atoms. The molecule has 4 heterocycles. The molecule has 1 unspecified atom stereocenters. The Morgan fingerprint density at radius 1 is 1.42 bits per heavy atom. The van der Waals surface area contributed by atoms with Gasteiger partial charge in [-0.25, -0.2) is 9.97 Å². The molecule has 26 heavy (non-hydrogen) atoms. The van der Waals surface area contributed by atoms with E-state index in [-0.39, 0.29) is 11.9 Å². The smallest absolute Gasteiger partial charge is 0.252 e. The summed E-state index contributed by atoms with van der Waals surface area (Å²) >= 11 is 1.63. The minimum absolute atomic E-state index is 0.0298. The zero-order valence-corrected chi connectivity index (χ0v) is 16.1. The normalized spacial score (nSPS) is 19.9. The molecule has 2 aliphatic heterocycles. The summed E-state index contributed by atoms with van der Waals surface area (Å²) in [5.74, 6) is 0.800. The number of aryl methyl sites for hydroxylation is 1. The zero-order chi connectivity index (χ0) is 18.1. The molecule has 2 aromatic rings. The molecule has 2 aromatic heterocycles. The minimum Gasteiger partial charge on any atom is -0.376 e. The Bertz CT molecular complexity index is 820. The molecule has 2 aliphatic rings. The summed E-state index contributed by atoms with van der Waals surface area (Å²) in [6.45, 7) is 7.08. The molecule has 1 amide bonds. The monoisotopic (exact) mass is 372 g/mol. The molecule has 6 nitrogen and oxygen atoms in total. The van der Waals surface area contributed by atoms with Gasteiger partial charge in [0.25, 0.3) is 5.91 Å². The Balaban J connectivity index is 1.44. The number of rotatable bonds is 3. The third-order valence-corrected chi connectivity index (χ3v) is 6.27. The van der Waals surface area contributed by atoms with Crippen molar-refractivity contribution in [3.05, 3.63) is 38.8 Å². The van der Waals surface area contributed by atoms with Crippen molar-refractivity contribution in [2.24, 2.45) is 0 Å². The van der Waals surface area contributed by atoms with Crippen molar-refractivity contribution in [3.63, 3.8) is 0 Å². The predicted octanol–water partition coefficient (Wildman–Crippen LogP) is 2.63. The number of fused-ring (bicyclic) bond motifs is 1. The fourth-order valence-electron chi connectivity index (χ4n) is 3.55. The first-order valence-electron chi connectivity index (χ1n) is 9.15. The van der Waals surface area contributed by atoms with Gasteiger partial charge in [0.1, 0.15) is 0 Å². The standard InChI is InChI=1S/C19H24N4O2S/c1-12-13(2)26-11-16(12)18(24)21-15-4-3-6-23(9-15)19-20-8-14-10-25-7-5-17(14)22-19/h8,11,15H,3-7,9-10H2,1-2H3,(H,21,24). The van der Waals surface area contributed by atoms with Gasteiger partial charge in [-0.05, 0) is 32.3 Å². The summed E-state index contributed by atoms with van der Waals surface area (Å²) in [6.07, 6.45) is 4.74. The van der Waals surface area contributed by atoms with Gasteiger partial charge in [0.15, 0.2) is 0 Å². The molecule has 0 aliphatic carbocycles. The van der Waals surface area contributed by atoms with Crippen molar-refractivity contribution in [2.75, 3.05) is 24.6 Å². The number of anilines is 1. The SMILES string of the molecule is Cc1scc(C(=O)NC2CCCN(c3ncc4c(n3)CCOC4)C2)c1C. The molecule has 0 aromatic carbocycles. The maximum Gasteiger partial charge on any atom is 0.252 e. The van der Waals surface area contributed by atoms with Gasteiger partial charge in [0.05, 0.1) is 24.5 Å². The molecule has 4 rings (SSSR count). The number of piperidine rings is 1. The quantitative estimate of drug-likeness (QED) is 0.897. The highest BCUT2D eigenvalue weighted by Crippen LogP contribution is 2.23. The third kappa shape index (κ3) is 3.46. The molecule has 0 saturated carbocycles. The van der Waals surface area contributed by atoms with Gasteiger partial charge >= 0.3 is 0 Å². The lowest BCUT2D eigenvalue weighted by atomic mass is 10.0. The summed E-state index contributed by atoms with van der Waals surface area (Å²) in [5.41, 5.74) is 4.07. The van der Waals surface area contributed by atoms with Gasteiger partial charge in [0, 0.05) is 47.6 Å². The van der Waals surface area contributed by atoms with Gasteiger partial charge < -0.3 is 15.0 Å². The molecular formula is C19H24N4O2S. The highest BCUT2D eigenvalue weighted by molar-refractivity contribution is 7.10. The van der Waals surface area contributed by atoms with Crippen LogP contribution in [0, 0.1) is 13.8 Å². The highest BCUT2D eigenvalue weighted by Gasteiger charge is 2.25. The van der Waals surface area contributed by atoms with Gasteiger partial charge in [-0.3, -0.25) is 4.79 Å². The number of carbonyl (C=O) groups is 1. The minimum atomic E-state index is 0.0298. The average Bonchev–Trinajstić information content (AvgIpc) is 3.00. The number of aromatic nitrogens is 2. The van der Waals surface area contributed by atoms with Crippen LogP contribution in [0.4, 0.5) is 5.95 Å². The van der Waals surface area contributed by atoms with Crippen LogP contribution in [0.1, 0.15) is 44.9 Å². The fourth-order valence-corrected chi connectivity index (χ4v) is 4.41. The fraction of sp³-hybridized carbons (Fsp3) is 0.526. The van der Waals surface area contributed by atoms with Gasteiger partial charge in [0.2, 0.25) is 5.95 Å². The lowest BCUT2D eigenvalue weighted by Gasteiger charge is -2.33. The van der Waals surface area contributed by atoms with E-state index in [9.17, 15) is 4.79 Å². The number of hydrogen-bond donors (Lipinski definition) is 1. The Morgan fingerprint density at radius 3 is 3.12 bits per heavy atom. The van der Waals surface area contributed by atoms with E-state index in [1.807, 2.05) is 18.5 Å². The largest absolute Gasteiger partial charge is 0.376 e. The zero-order valence-electron chi connectivity index (χ0n) is 15.2. The summed E-state index contributed by atoms with van der Waals surface area (Å²) in [4.78, 5) is 25.3. The van der Waals surface area contributed by atoms with E-state index in [0.29, 0.717) is 6.61 Å². The first-order chi connectivity index (χ1) is 12.6. The van der Waals surface area contributed by atoms with Crippen LogP contribution in [0.15, 0.2) is 11.6 Å². The molecule has 1 atom stereocenters. The molecule has 0 bridgehead atoms. The number of nitrogens with one attached hydrogen (secondary N) is 1. The van der Waals surface area contributed by atoms with Crippen LogP contribution >= 0.6 is 11.3 Å². The second kappa shape index (κ2) is 7.32. The summed E-state index contributed by atoms with van der Waals surface area (Å²) < 4.78 is 5.46. The lowest BCUT2D eigenvalue weighted by Crippen LogP contribution is -2.48. The van der Waals surface area contributed by atoms with Crippen LogP contribution in [0.25, 0.3) is 0 Å². The van der Waals surface area contributed by atoms with E-state index >= 15 is 0 Å². The second-order valence-electron chi connectivity index (χ2n) is 7.03. The number of hydrogen-bond acceptors (Lipinski definition) is 6. The Morgan fingerprint density at radius 2 is 2.31 bits per heavy atom. The van der Waals surface area contributed by atoms with E-state index < -0.39 is 0 Å². The number of thiophene rings is 1. The maximum absolute atomic E-state index is 12.6. The summed E-state index contributed by atoms with van der Waals surface area (Å²) in [6, 6.07) is 0.124. The van der Waals surface area contributed by atoms with E-state index in [0.717, 1.165) is 67.3 Å². The third-order valence-electron chi connectivity index (χ3n) is 5.25. The topological polar surface area (TPSA) is 67.4 Å². The van der Waals surface area contributed by atoms with Gasteiger partial charge in [-0.2, -0.15) is 0 Å². The summed E-state index contributed by atoms with van der Waals surface area (Å²) in [5, 5.41) is 5.16. The second-order valence-corrected chi connectivity index (χ2v) is 8.12. The van der Waals surface area contributed by atoms with Gasteiger partial charge in [-0.15, -0.1) is 11.3 Å². The van der Waals surface area contributed by atoms with Crippen molar-refractivity contribution >= 4 is 23.2 Å². The number of amides is 1. The number of carbonyl (C=O) groups excluding carboxylic acids is 1. The van der Waals surface area contributed by atoms with Crippen LogP contribution in [0.3, 0.4) is 0 Å². The van der Waals surface area contributed by atoms with Crippen molar-refractivity contribution in [1.82, 2.24) is 15.3 Å². The molecular weight excluding hydrogens is 348 g/mol. The van der Waals surface area contributed by atoms with Crippen LogP contribution < -0.4 is 10.2 Å². The van der Waals surface area contributed by atoms with E-state index in [4.69, 9.17) is 9.72 Å². The molecule has 1 fully saturated rings. The van der Waals surface area contributed by atoms with E-state index in [1.54, 1.807) is 11.3 Å². The molecule has 0 radical (unpaired) electrons. The molecule has 138 valence electrons. The van der Waals surface area contributed by atoms with Gasteiger partial charge in [-0.1, -0.05) is 0 Å². The van der Waals surface area contributed by atoms with Crippen LogP contribution in [0.2, 0.25) is 0 Å². The average molecular weight is 372 g/mol. The van der Waals surface area contributed by atoms with E-state index in [2.05, 4.69) is 22.1 Å². The summed E-state index contributed by atoms with van der Waals surface area (Å²) in [7, 11) is 0. The Hall–Kier alpha value is -1.99. The van der Waals surface area contributed by atoms with Crippen LogP contribution in [-0.2, 0) is 17.8 Å². The Labute approximate surface area is 157 Å². The predicted molar refractivity (Wildman–Crippen MR) is 102 cm³/mol. The first kappa shape index (κ1) is 17.4. The van der Waals surface area contributed by atoms with Crippen molar-refractivity contribution < 1.29 is 9.53 Å². The molecule has 7 heteroatoms. The molecule has 1 N–H and O–H groups in total. The van der Waals surface area contributed by atoms with Crippen LogP contribution in [0.5, 0.6) is 0 Å². The number of nitrogens with zero attached hydrogens (tertiary/aromatic N) is 3. The van der Waals surface area contributed by atoms with E-state index in [1.165, 1.54) is 4.88 Å². The van der Waals surface area contributed by atoms with Crippen molar-refractivity contribution in [1.29, 1.82) is 0 Å². The maximum atomic E-state index is 12.6. The molecule has 1 saturated heterocycles. The first-order valence-corrected chi connectivity index (χ1v) is 10.0. The highest BCUT2D eigenvalue weighted by atomic mass is 32.1.